The minimum Gasteiger partial charge on any atom is -0.497 e. The zero-order valence-corrected chi connectivity index (χ0v) is 16.9. The monoisotopic (exact) mass is 397 g/mol. The minimum absolute atomic E-state index is 0.0133. The Morgan fingerprint density at radius 3 is 2.52 bits per heavy atom. The predicted octanol–water partition coefficient (Wildman–Crippen LogP) is 2.57. The number of anilines is 1. The van der Waals surface area contributed by atoms with Crippen LogP contribution in [0.5, 0.6) is 17.2 Å². The molecule has 2 heterocycles. The Hall–Kier alpha value is -2.77. The molecule has 4 rings (SSSR count). The molecule has 0 spiro atoms. The Labute approximate surface area is 171 Å². The van der Waals surface area contributed by atoms with Gasteiger partial charge in [-0.15, -0.1) is 0 Å². The van der Waals surface area contributed by atoms with Crippen molar-refractivity contribution in [1.82, 2.24) is 9.80 Å². The molecule has 2 aromatic carbocycles. The van der Waals surface area contributed by atoms with Crippen molar-refractivity contribution in [1.29, 1.82) is 0 Å². The maximum Gasteiger partial charge on any atom is 0.241 e. The van der Waals surface area contributed by atoms with Crippen molar-refractivity contribution in [3.05, 3.63) is 48.0 Å². The number of rotatable bonds is 6. The van der Waals surface area contributed by atoms with Crippen molar-refractivity contribution >= 4 is 11.6 Å². The van der Waals surface area contributed by atoms with Crippen molar-refractivity contribution < 1.29 is 19.0 Å². The Balaban J connectivity index is 1.26. The third-order valence-electron chi connectivity index (χ3n) is 5.53. The van der Waals surface area contributed by atoms with Gasteiger partial charge >= 0.3 is 0 Å². The van der Waals surface area contributed by atoms with Crippen molar-refractivity contribution in [2.24, 2.45) is 0 Å². The van der Waals surface area contributed by atoms with Crippen molar-refractivity contribution in [3.63, 3.8) is 0 Å². The third-order valence-corrected chi connectivity index (χ3v) is 5.53. The first-order valence-corrected chi connectivity index (χ1v) is 9.92. The predicted molar refractivity (Wildman–Crippen MR) is 111 cm³/mol. The molecule has 2 aromatic rings. The van der Waals surface area contributed by atoms with Gasteiger partial charge in [-0.25, -0.2) is 0 Å². The Bertz CT molecular complexity index is 848. The van der Waals surface area contributed by atoms with Crippen LogP contribution in [0.15, 0.2) is 42.5 Å². The maximum atomic E-state index is 12.6. The SMILES string of the molecule is COc1ccc(NC(=O)[C@H](C)N2CCN(Cc3ccc4c(c3)OCO4)CC2)cc1. The highest BCUT2D eigenvalue weighted by Gasteiger charge is 2.26. The lowest BCUT2D eigenvalue weighted by Crippen LogP contribution is -2.52. The van der Waals surface area contributed by atoms with Crippen LogP contribution in [0.4, 0.5) is 5.69 Å². The fourth-order valence-corrected chi connectivity index (χ4v) is 3.69. The lowest BCUT2D eigenvalue weighted by Gasteiger charge is -2.37. The number of carbonyl (C=O) groups excluding carboxylic acids is 1. The van der Waals surface area contributed by atoms with Gasteiger partial charge < -0.3 is 19.5 Å². The van der Waals surface area contributed by atoms with E-state index in [0.717, 1.165) is 55.7 Å². The summed E-state index contributed by atoms with van der Waals surface area (Å²) in [6.45, 7) is 6.71. The maximum absolute atomic E-state index is 12.6. The van der Waals surface area contributed by atoms with Crippen LogP contribution >= 0.6 is 0 Å². The number of methoxy groups -OCH3 is 1. The van der Waals surface area contributed by atoms with Gasteiger partial charge in [0, 0.05) is 38.4 Å². The van der Waals surface area contributed by atoms with E-state index in [1.807, 2.05) is 37.3 Å². The second-order valence-electron chi connectivity index (χ2n) is 7.39. The third kappa shape index (κ3) is 4.63. The fraction of sp³-hybridized carbons (Fsp3) is 0.409. The molecule has 29 heavy (non-hydrogen) atoms. The molecule has 154 valence electrons. The van der Waals surface area contributed by atoms with E-state index in [1.165, 1.54) is 5.56 Å². The fourth-order valence-electron chi connectivity index (χ4n) is 3.69. The molecule has 0 bridgehead atoms. The van der Waals surface area contributed by atoms with Crippen LogP contribution in [-0.4, -0.2) is 61.8 Å². The van der Waals surface area contributed by atoms with Gasteiger partial charge in [-0.1, -0.05) is 6.07 Å². The van der Waals surface area contributed by atoms with Gasteiger partial charge in [0.25, 0.3) is 0 Å². The summed E-state index contributed by atoms with van der Waals surface area (Å²) >= 11 is 0. The highest BCUT2D eigenvalue weighted by Crippen LogP contribution is 2.32. The zero-order chi connectivity index (χ0) is 20.2. The van der Waals surface area contributed by atoms with Crippen LogP contribution in [0, 0.1) is 0 Å². The standard InChI is InChI=1S/C22H27N3O4/c1-16(22(26)23-18-4-6-19(27-2)7-5-18)25-11-9-24(10-12-25)14-17-3-8-20-21(13-17)29-15-28-20/h3-8,13,16H,9-12,14-15H2,1-2H3,(H,23,26)/t16-/m0/s1. The van der Waals surface area contributed by atoms with E-state index in [2.05, 4.69) is 27.2 Å². The average Bonchev–Trinajstić information content (AvgIpc) is 3.22. The first-order valence-electron chi connectivity index (χ1n) is 9.92. The number of piperazine rings is 1. The van der Waals surface area contributed by atoms with E-state index in [4.69, 9.17) is 14.2 Å². The van der Waals surface area contributed by atoms with E-state index in [1.54, 1.807) is 7.11 Å². The smallest absolute Gasteiger partial charge is 0.241 e. The molecule has 2 aliphatic rings. The van der Waals surface area contributed by atoms with Gasteiger partial charge in [-0.2, -0.15) is 0 Å². The molecule has 0 radical (unpaired) electrons. The van der Waals surface area contributed by atoms with Crippen molar-refractivity contribution in [3.8, 4) is 17.2 Å². The second-order valence-corrected chi connectivity index (χ2v) is 7.39. The van der Waals surface area contributed by atoms with E-state index in [9.17, 15) is 4.79 Å². The summed E-state index contributed by atoms with van der Waals surface area (Å²) in [5.41, 5.74) is 2.00. The van der Waals surface area contributed by atoms with Crippen LogP contribution < -0.4 is 19.5 Å². The number of amides is 1. The highest BCUT2D eigenvalue weighted by atomic mass is 16.7. The second kappa shape index (κ2) is 8.71. The van der Waals surface area contributed by atoms with Crippen LogP contribution in [0.3, 0.4) is 0 Å². The van der Waals surface area contributed by atoms with E-state index in [0.29, 0.717) is 6.79 Å². The molecular formula is C22H27N3O4. The van der Waals surface area contributed by atoms with Gasteiger partial charge in [0.15, 0.2) is 11.5 Å². The van der Waals surface area contributed by atoms with Gasteiger partial charge in [0.1, 0.15) is 5.75 Å². The molecule has 0 unspecified atom stereocenters. The Morgan fingerprint density at radius 2 is 1.79 bits per heavy atom. The van der Waals surface area contributed by atoms with Crippen LogP contribution in [0.2, 0.25) is 0 Å². The van der Waals surface area contributed by atoms with Crippen molar-refractivity contribution in [2.75, 3.05) is 45.4 Å². The molecule has 1 saturated heterocycles. The number of hydrogen-bond acceptors (Lipinski definition) is 6. The van der Waals surface area contributed by atoms with Gasteiger partial charge in [-0.3, -0.25) is 14.6 Å². The summed E-state index contributed by atoms with van der Waals surface area (Å²) in [5, 5.41) is 2.99. The molecule has 1 fully saturated rings. The number of carbonyl (C=O) groups is 1. The molecular weight excluding hydrogens is 370 g/mol. The topological polar surface area (TPSA) is 63.3 Å². The molecule has 1 amide bonds. The average molecular weight is 397 g/mol. The van der Waals surface area contributed by atoms with Crippen LogP contribution in [0.1, 0.15) is 12.5 Å². The number of ether oxygens (including phenoxy) is 3. The highest BCUT2D eigenvalue weighted by molar-refractivity contribution is 5.94. The quantitative estimate of drug-likeness (QED) is 0.808. The Morgan fingerprint density at radius 1 is 1.07 bits per heavy atom. The van der Waals surface area contributed by atoms with E-state index >= 15 is 0 Å². The normalized spacial score (nSPS) is 17.7. The van der Waals surface area contributed by atoms with Crippen LogP contribution in [0.25, 0.3) is 0 Å². The first-order chi connectivity index (χ1) is 14.1. The minimum atomic E-state index is -0.176. The molecule has 0 aromatic heterocycles. The van der Waals surface area contributed by atoms with Crippen molar-refractivity contribution in [2.45, 2.75) is 19.5 Å². The number of nitrogens with zero attached hydrogens (tertiary/aromatic N) is 2. The molecule has 1 atom stereocenters. The first kappa shape index (κ1) is 19.5. The summed E-state index contributed by atoms with van der Waals surface area (Å²) < 4.78 is 16.0. The zero-order valence-electron chi connectivity index (χ0n) is 16.9. The summed E-state index contributed by atoms with van der Waals surface area (Å²) in [6, 6.07) is 13.3. The summed E-state index contributed by atoms with van der Waals surface area (Å²) in [7, 11) is 1.63. The molecule has 2 aliphatic heterocycles. The molecule has 1 N–H and O–H groups in total. The molecule has 0 saturated carbocycles. The molecule has 7 nitrogen and oxygen atoms in total. The van der Waals surface area contributed by atoms with Gasteiger partial charge in [-0.05, 0) is 48.9 Å². The van der Waals surface area contributed by atoms with Gasteiger partial charge in [0.2, 0.25) is 12.7 Å². The number of benzene rings is 2. The largest absolute Gasteiger partial charge is 0.497 e. The Kier molecular flexibility index (Phi) is 5.87. The number of fused-ring (bicyclic) bond motifs is 1. The molecule has 0 aliphatic carbocycles. The lowest BCUT2D eigenvalue weighted by molar-refractivity contribution is -0.121. The lowest BCUT2D eigenvalue weighted by atomic mass is 10.1. The van der Waals surface area contributed by atoms with E-state index < -0.39 is 0 Å². The molecule has 7 heteroatoms. The summed E-state index contributed by atoms with van der Waals surface area (Å²) in [6.07, 6.45) is 0. The summed E-state index contributed by atoms with van der Waals surface area (Å²) in [5.74, 6) is 2.43. The summed E-state index contributed by atoms with van der Waals surface area (Å²) in [4.78, 5) is 17.3. The van der Waals surface area contributed by atoms with Gasteiger partial charge in [0.05, 0.1) is 13.2 Å². The van der Waals surface area contributed by atoms with Crippen LogP contribution in [-0.2, 0) is 11.3 Å². The van der Waals surface area contributed by atoms with E-state index in [-0.39, 0.29) is 11.9 Å². The number of hydrogen-bond donors (Lipinski definition) is 1. The number of nitrogens with one attached hydrogen (secondary N) is 1.